The highest BCUT2D eigenvalue weighted by molar-refractivity contribution is 6.30. The van der Waals surface area contributed by atoms with Crippen LogP contribution in [0.3, 0.4) is 0 Å². The zero-order valence-corrected chi connectivity index (χ0v) is 14.9. The molecule has 0 spiro atoms. The molecule has 2 aromatic rings. The highest BCUT2D eigenvalue weighted by Gasteiger charge is 2.28. The molecule has 2 heterocycles. The number of carbonyl (C=O) groups excluding carboxylic acids is 2. The molecule has 1 aromatic carbocycles. The lowest BCUT2D eigenvalue weighted by atomic mass is 10.1. The average molecular weight is 361 g/mol. The van der Waals surface area contributed by atoms with E-state index in [1.54, 1.807) is 10.7 Å². The van der Waals surface area contributed by atoms with Crippen molar-refractivity contribution in [3.63, 3.8) is 0 Å². The largest absolute Gasteiger partial charge is 0.355 e. The Bertz CT molecular complexity index is 787. The van der Waals surface area contributed by atoms with E-state index in [1.165, 1.54) is 4.90 Å². The molecule has 25 heavy (non-hydrogen) atoms. The van der Waals surface area contributed by atoms with Crippen molar-refractivity contribution in [2.45, 2.75) is 32.7 Å². The van der Waals surface area contributed by atoms with Gasteiger partial charge in [-0.25, -0.2) is 4.68 Å². The molecule has 0 aliphatic carbocycles. The van der Waals surface area contributed by atoms with Crippen molar-refractivity contribution >= 4 is 29.2 Å². The zero-order chi connectivity index (χ0) is 17.8. The first-order chi connectivity index (χ1) is 12.1. The minimum atomic E-state index is -0.152. The molecule has 132 valence electrons. The normalized spacial score (nSPS) is 13.7. The molecule has 6 nitrogen and oxygen atoms in total. The maximum Gasteiger partial charge on any atom is 0.240 e. The monoisotopic (exact) mass is 360 g/mol. The number of halogens is 1. The number of carbonyl (C=O) groups is 2. The van der Waals surface area contributed by atoms with Crippen molar-refractivity contribution in [1.82, 2.24) is 15.1 Å². The fourth-order valence-corrected chi connectivity index (χ4v) is 3.01. The summed E-state index contributed by atoms with van der Waals surface area (Å²) in [7, 11) is 0. The summed E-state index contributed by atoms with van der Waals surface area (Å²) in [6, 6.07) is 9.25. The van der Waals surface area contributed by atoms with Crippen molar-refractivity contribution in [2.24, 2.45) is 0 Å². The van der Waals surface area contributed by atoms with E-state index in [9.17, 15) is 9.59 Å². The van der Waals surface area contributed by atoms with Gasteiger partial charge in [-0.1, -0.05) is 37.1 Å². The Morgan fingerprint density at radius 1 is 1.36 bits per heavy atom. The fraction of sp³-hybridized carbons (Fsp3) is 0.389. The molecule has 7 heteroatoms. The lowest BCUT2D eigenvalue weighted by molar-refractivity contribution is -0.124. The predicted molar refractivity (Wildman–Crippen MR) is 97.6 cm³/mol. The number of anilines is 1. The van der Waals surface area contributed by atoms with Gasteiger partial charge < -0.3 is 5.32 Å². The van der Waals surface area contributed by atoms with Gasteiger partial charge in [-0.2, -0.15) is 5.10 Å². The van der Waals surface area contributed by atoms with Gasteiger partial charge in [0.1, 0.15) is 12.4 Å². The standard InChI is InChI=1S/C18H21ClN4O2/c1-2-3-8-20-16(24)12-22-17-11-15(13-5-4-6-14(19)10-13)21-23(17)9-7-18(22)25/h4-6,10-11H,2-3,7-9,12H2,1H3,(H,20,24). The summed E-state index contributed by atoms with van der Waals surface area (Å²) >= 11 is 6.05. The van der Waals surface area contributed by atoms with Gasteiger partial charge in [0.15, 0.2) is 0 Å². The van der Waals surface area contributed by atoms with E-state index in [4.69, 9.17) is 11.6 Å². The van der Waals surface area contributed by atoms with Gasteiger partial charge in [-0.15, -0.1) is 0 Å². The minimum absolute atomic E-state index is 0.0171. The van der Waals surface area contributed by atoms with E-state index in [1.807, 2.05) is 24.3 Å². The van der Waals surface area contributed by atoms with Crippen molar-refractivity contribution in [2.75, 3.05) is 18.0 Å². The first-order valence-corrected chi connectivity index (χ1v) is 8.87. The van der Waals surface area contributed by atoms with Gasteiger partial charge in [0.2, 0.25) is 11.8 Å². The van der Waals surface area contributed by atoms with Crippen LogP contribution in [0.1, 0.15) is 26.2 Å². The molecule has 1 N–H and O–H groups in total. The summed E-state index contributed by atoms with van der Waals surface area (Å²) in [6.45, 7) is 3.23. The van der Waals surface area contributed by atoms with Gasteiger partial charge in [0, 0.05) is 29.6 Å². The molecule has 0 bridgehead atoms. The van der Waals surface area contributed by atoms with E-state index < -0.39 is 0 Å². The third-order valence-electron chi connectivity index (χ3n) is 4.15. The Kier molecular flexibility index (Phi) is 5.38. The Morgan fingerprint density at radius 3 is 2.96 bits per heavy atom. The van der Waals surface area contributed by atoms with E-state index in [0.717, 1.165) is 24.1 Å². The number of hydrogen-bond donors (Lipinski definition) is 1. The van der Waals surface area contributed by atoms with Crippen LogP contribution >= 0.6 is 11.6 Å². The quantitative estimate of drug-likeness (QED) is 0.805. The van der Waals surface area contributed by atoms with Crippen LogP contribution in [0.4, 0.5) is 5.82 Å². The molecular weight excluding hydrogens is 340 g/mol. The van der Waals surface area contributed by atoms with Crippen LogP contribution in [0, 0.1) is 0 Å². The molecular formula is C18H21ClN4O2. The van der Waals surface area contributed by atoms with Crippen LogP contribution in [0.5, 0.6) is 0 Å². The predicted octanol–water partition coefficient (Wildman–Crippen LogP) is 2.86. The molecule has 0 radical (unpaired) electrons. The fourth-order valence-electron chi connectivity index (χ4n) is 2.82. The van der Waals surface area contributed by atoms with E-state index >= 15 is 0 Å². The van der Waals surface area contributed by atoms with Gasteiger partial charge >= 0.3 is 0 Å². The molecule has 1 aliphatic heterocycles. The molecule has 1 aliphatic rings. The maximum absolute atomic E-state index is 12.3. The lowest BCUT2D eigenvalue weighted by Crippen LogP contribution is -2.44. The number of nitrogens with zero attached hydrogens (tertiary/aromatic N) is 3. The second-order valence-corrected chi connectivity index (χ2v) is 6.49. The number of amides is 2. The number of rotatable bonds is 6. The summed E-state index contributed by atoms with van der Waals surface area (Å²) < 4.78 is 1.77. The van der Waals surface area contributed by atoms with Crippen LogP contribution in [0.2, 0.25) is 5.02 Å². The molecule has 0 fully saturated rings. The molecule has 2 amide bonds. The number of nitrogens with one attached hydrogen (secondary N) is 1. The first-order valence-electron chi connectivity index (χ1n) is 8.49. The third kappa shape index (κ3) is 4.02. The smallest absolute Gasteiger partial charge is 0.240 e. The summed E-state index contributed by atoms with van der Waals surface area (Å²) in [5.41, 5.74) is 1.62. The van der Waals surface area contributed by atoms with Crippen molar-refractivity contribution in [3.05, 3.63) is 35.4 Å². The number of hydrogen-bond acceptors (Lipinski definition) is 3. The van der Waals surface area contributed by atoms with Crippen LogP contribution in [-0.4, -0.2) is 34.7 Å². The van der Waals surface area contributed by atoms with Crippen LogP contribution in [-0.2, 0) is 16.1 Å². The number of aromatic nitrogens is 2. The van der Waals surface area contributed by atoms with E-state index in [-0.39, 0.29) is 18.4 Å². The first kappa shape index (κ1) is 17.5. The van der Waals surface area contributed by atoms with E-state index in [0.29, 0.717) is 30.4 Å². The summed E-state index contributed by atoms with van der Waals surface area (Å²) in [5.74, 6) is 0.438. The number of unbranched alkanes of at least 4 members (excludes halogenated alkanes) is 1. The van der Waals surface area contributed by atoms with Gasteiger partial charge in [-0.05, 0) is 18.6 Å². The van der Waals surface area contributed by atoms with Crippen LogP contribution < -0.4 is 10.2 Å². The molecule has 1 aromatic heterocycles. The Hall–Kier alpha value is -2.34. The Labute approximate surface area is 151 Å². The number of aryl methyl sites for hydroxylation is 1. The average Bonchev–Trinajstić information content (AvgIpc) is 3.02. The highest BCUT2D eigenvalue weighted by atomic mass is 35.5. The van der Waals surface area contributed by atoms with Crippen molar-refractivity contribution in [3.8, 4) is 11.3 Å². The Morgan fingerprint density at radius 2 is 2.20 bits per heavy atom. The SMILES string of the molecule is CCCCNC(=O)CN1C(=O)CCn2nc(-c3cccc(Cl)c3)cc21. The molecule has 0 unspecified atom stereocenters. The summed E-state index contributed by atoms with van der Waals surface area (Å²) in [5, 5.41) is 8.04. The second-order valence-electron chi connectivity index (χ2n) is 6.05. The van der Waals surface area contributed by atoms with Crippen LogP contribution in [0.15, 0.2) is 30.3 Å². The van der Waals surface area contributed by atoms with E-state index in [2.05, 4.69) is 17.3 Å². The maximum atomic E-state index is 12.3. The summed E-state index contributed by atoms with van der Waals surface area (Å²) in [4.78, 5) is 25.9. The topological polar surface area (TPSA) is 67.2 Å². The molecule has 0 saturated carbocycles. The third-order valence-corrected chi connectivity index (χ3v) is 4.38. The van der Waals surface area contributed by atoms with Crippen molar-refractivity contribution in [1.29, 1.82) is 0 Å². The molecule has 3 rings (SSSR count). The van der Waals surface area contributed by atoms with Gasteiger partial charge in [0.05, 0.1) is 12.2 Å². The molecule has 0 atom stereocenters. The Balaban J connectivity index is 1.81. The zero-order valence-electron chi connectivity index (χ0n) is 14.2. The van der Waals surface area contributed by atoms with Crippen LogP contribution in [0.25, 0.3) is 11.3 Å². The minimum Gasteiger partial charge on any atom is -0.355 e. The summed E-state index contributed by atoms with van der Waals surface area (Å²) in [6.07, 6.45) is 2.28. The molecule has 0 saturated heterocycles. The van der Waals surface area contributed by atoms with Gasteiger partial charge in [0.25, 0.3) is 0 Å². The lowest BCUT2D eigenvalue weighted by Gasteiger charge is -2.26. The number of fused-ring (bicyclic) bond motifs is 1. The van der Waals surface area contributed by atoms with Crippen molar-refractivity contribution < 1.29 is 9.59 Å². The second kappa shape index (κ2) is 7.70. The number of benzene rings is 1. The highest BCUT2D eigenvalue weighted by Crippen LogP contribution is 2.29. The van der Waals surface area contributed by atoms with Gasteiger partial charge in [-0.3, -0.25) is 14.5 Å².